The van der Waals surface area contributed by atoms with E-state index in [4.69, 9.17) is 11.6 Å². The van der Waals surface area contributed by atoms with E-state index in [-0.39, 0.29) is 11.4 Å². The number of sulfonamides is 1. The minimum Gasteiger partial charge on any atom is -0.480 e. The molecule has 20 heavy (non-hydrogen) atoms. The van der Waals surface area contributed by atoms with Crippen LogP contribution in [0.1, 0.15) is 20.3 Å². The zero-order valence-electron chi connectivity index (χ0n) is 11.2. The van der Waals surface area contributed by atoms with Crippen molar-refractivity contribution in [3.8, 4) is 0 Å². The number of halogens is 1. The molecule has 1 atom stereocenters. The molecular weight excluding hydrogens is 302 g/mol. The van der Waals surface area contributed by atoms with Crippen molar-refractivity contribution in [3.63, 3.8) is 0 Å². The van der Waals surface area contributed by atoms with Crippen molar-refractivity contribution >= 4 is 27.6 Å². The molecule has 0 aliphatic carbocycles. The first-order chi connectivity index (χ1) is 9.16. The van der Waals surface area contributed by atoms with E-state index in [0.29, 0.717) is 11.4 Å². The lowest BCUT2D eigenvalue weighted by Gasteiger charge is -2.28. The predicted molar refractivity (Wildman–Crippen MR) is 75.2 cm³/mol. The topological polar surface area (TPSA) is 74.7 Å². The Morgan fingerprint density at radius 1 is 1.45 bits per heavy atom. The smallest absolute Gasteiger partial charge is 0.322 e. The van der Waals surface area contributed by atoms with E-state index in [1.54, 1.807) is 19.9 Å². The van der Waals surface area contributed by atoms with Gasteiger partial charge in [0.05, 0.1) is 4.90 Å². The van der Waals surface area contributed by atoms with Gasteiger partial charge in [-0.1, -0.05) is 31.5 Å². The molecule has 1 aliphatic heterocycles. The zero-order chi connectivity index (χ0) is 15.1. The van der Waals surface area contributed by atoms with Gasteiger partial charge in [-0.3, -0.25) is 4.79 Å². The van der Waals surface area contributed by atoms with Crippen LogP contribution < -0.4 is 0 Å². The minimum atomic E-state index is -3.86. The minimum absolute atomic E-state index is 0.0222. The number of carbonyl (C=O) groups is 1. The zero-order valence-corrected chi connectivity index (χ0v) is 12.8. The number of nitrogens with zero attached hydrogens (tertiary/aromatic N) is 1. The van der Waals surface area contributed by atoms with Crippen LogP contribution in [0, 0.1) is 5.41 Å². The molecule has 1 N–H and O–H groups in total. The van der Waals surface area contributed by atoms with E-state index in [1.807, 2.05) is 0 Å². The summed E-state index contributed by atoms with van der Waals surface area (Å²) < 4.78 is 26.2. The van der Waals surface area contributed by atoms with Crippen molar-refractivity contribution in [1.29, 1.82) is 0 Å². The number of hydrogen-bond acceptors (Lipinski definition) is 3. The lowest BCUT2D eigenvalue weighted by molar-refractivity contribution is -0.143. The third kappa shape index (κ3) is 2.55. The molecular formula is C13H16ClNO4S. The van der Waals surface area contributed by atoms with Crippen LogP contribution in [0.15, 0.2) is 29.2 Å². The summed E-state index contributed by atoms with van der Waals surface area (Å²) in [4.78, 5) is 11.5. The van der Waals surface area contributed by atoms with Crippen LogP contribution >= 0.6 is 11.6 Å². The third-order valence-corrected chi connectivity index (χ3v) is 5.74. The van der Waals surface area contributed by atoms with Gasteiger partial charge in [0.1, 0.15) is 6.04 Å². The monoisotopic (exact) mass is 317 g/mol. The molecule has 7 heteroatoms. The summed E-state index contributed by atoms with van der Waals surface area (Å²) in [5.41, 5.74) is -0.600. The Labute approximate surface area is 123 Å². The SMILES string of the molecule is CC1(C)CCN(S(=O)(=O)c2cccc(Cl)c2)[C@@H]1C(=O)O. The second kappa shape index (κ2) is 5.02. The van der Waals surface area contributed by atoms with Gasteiger partial charge in [-0.25, -0.2) is 8.42 Å². The van der Waals surface area contributed by atoms with Crippen molar-refractivity contribution in [2.45, 2.75) is 31.2 Å². The number of rotatable bonds is 3. The first-order valence-corrected chi connectivity index (χ1v) is 7.98. The maximum absolute atomic E-state index is 12.6. The van der Waals surface area contributed by atoms with Gasteiger partial charge in [0, 0.05) is 11.6 Å². The lowest BCUT2D eigenvalue weighted by Crippen LogP contribution is -2.46. The molecule has 1 aromatic carbocycles. The fourth-order valence-electron chi connectivity index (χ4n) is 2.53. The second-order valence-corrected chi connectivity index (χ2v) is 7.88. The molecule has 0 amide bonds. The largest absolute Gasteiger partial charge is 0.480 e. The van der Waals surface area contributed by atoms with Crippen LogP contribution in [-0.2, 0) is 14.8 Å². The fourth-order valence-corrected chi connectivity index (χ4v) is 4.57. The van der Waals surface area contributed by atoms with Crippen LogP contribution in [0.5, 0.6) is 0 Å². The molecule has 0 spiro atoms. The quantitative estimate of drug-likeness (QED) is 0.927. The van der Waals surface area contributed by atoms with E-state index in [2.05, 4.69) is 0 Å². The number of carboxylic acid groups (broad SMARTS) is 1. The van der Waals surface area contributed by atoms with E-state index in [9.17, 15) is 18.3 Å². The molecule has 1 saturated heterocycles. The molecule has 2 rings (SSSR count). The predicted octanol–water partition coefficient (Wildman–Crippen LogP) is 2.21. The summed E-state index contributed by atoms with van der Waals surface area (Å²) in [5, 5.41) is 9.65. The lowest BCUT2D eigenvalue weighted by atomic mass is 9.85. The molecule has 1 aromatic rings. The Morgan fingerprint density at radius 2 is 2.10 bits per heavy atom. The Hall–Kier alpha value is -1.11. The Kier molecular flexibility index (Phi) is 3.83. The first kappa shape index (κ1) is 15.3. The van der Waals surface area contributed by atoms with Crippen molar-refractivity contribution < 1.29 is 18.3 Å². The Balaban J connectivity index is 2.47. The molecule has 110 valence electrons. The van der Waals surface area contributed by atoms with Crippen LogP contribution in [0.2, 0.25) is 5.02 Å². The highest BCUT2D eigenvalue weighted by Crippen LogP contribution is 2.39. The fraction of sp³-hybridized carbons (Fsp3) is 0.462. The first-order valence-electron chi connectivity index (χ1n) is 6.16. The maximum Gasteiger partial charge on any atom is 0.322 e. The van der Waals surface area contributed by atoms with Gasteiger partial charge in [-0.15, -0.1) is 0 Å². The van der Waals surface area contributed by atoms with Crippen LogP contribution in [0.4, 0.5) is 0 Å². The number of benzene rings is 1. The number of aliphatic carboxylic acids is 1. The van der Waals surface area contributed by atoms with E-state index < -0.39 is 27.4 Å². The van der Waals surface area contributed by atoms with E-state index in [1.165, 1.54) is 18.2 Å². The molecule has 1 fully saturated rings. The van der Waals surface area contributed by atoms with Gasteiger partial charge in [-0.2, -0.15) is 4.31 Å². The summed E-state index contributed by atoms with van der Waals surface area (Å²) >= 11 is 5.81. The third-order valence-electron chi connectivity index (χ3n) is 3.64. The van der Waals surface area contributed by atoms with Gasteiger partial charge in [0.15, 0.2) is 0 Å². The van der Waals surface area contributed by atoms with Gasteiger partial charge >= 0.3 is 5.97 Å². The van der Waals surface area contributed by atoms with Crippen molar-refractivity contribution in [2.24, 2.45) is 5.41 Å². The summed E-state index contributed by atoms with van der Waals surface area (Å²) in [7, 11) is -3.86. The van der Waals surface area contributed by atoms with Crippen molar-refractivity contribution in [3.05, 3.63) is 29.3 Å². The summed E-state index contributed by atoms with van der Waals surface area (Å²) in [6.07, 6.45) is 0.504. The Bertz CT molecular complexity index is 642. The normalized spacial score (nSPS) is 22.9. The Morgan fingerprint density at radius 3 is 2.65 bits per heavy atom. The molecule has 0 radical (unpaired) electrons. The molecule has 5 nitrogen and oxygen atoms in total. The van der Waals surface area contributed by atoms with Crippen LogP contribution in [0.3, 0.4) is 0 Å². The molecule has 0 saturated carbocycles. The summed E-state index contributed by atoms with van der Waals surface area (Å²) in [6, 6.07) is 4.80. The van der Waals surface area contributed by atoms with Gasteiger partial charge in [0.25, 0.3) is 0 Å². The highest BCUT2D eigenvalue weighted by Gasteiger charge is 2.50. The van der Waals surface area contributed by atoms with Crippen molar-refractivity contribution in [2.75, 3.05) is 6.54 Å². The van der Waals surface area contributed by atoms with Gasteiger partial charge in [0.2, 0.25) is 10.0 Å². The number of hydrogen-bond donors (Lipinski definition) is 1. The van der Waals surface area contributed by atoms with Crippen LogP contribution in [0.25, 0.3) is 0 Å². The maximum atomic E-state index is 12.6. The molecule has 1 heterocycles. The molecule has 0 unspecified atom stereocenters. The summed E-state index contributed by atoms with van der Waals surface area (Å²) in [6.45, 7) is 3.72. The van der Waals surface area contributed by atoms with E-state index in [0.717, 1.165) is 4.31 Å². The average Bonchev–Trinajstić information content (AvgIpc) is 2.65. The standard InChI is InChI=1S/C13H16ClNO4S/c1-13(2)6-7-15(11(13)12(16)17)20(18,19)10-5-3-4-9(14)8-10/h3-5,8,11H,6-7H2,1-2H3,(H,16,17)/t11-/m1/s1. The molecule has 1 aliphatic rings. The average molecular weight is 318 g/mol. The molecule has 0 aromatic heterocycles. The highest BCUT2D eigenvalue weighted by molar-refractivity contribution is 7.89. The van der Waals surface area contributed by atoms with Gasteiger partial charge < -0.3 is 5.11 Å². The summed E-state index contributed by atoms with van der Waals surface area (Å²) in [5.74, 6) is -1.13. The highest BCUT2D eigenvalue weighted by atomic mass is 35.5. The second-order valence-electron chi connectivity index (χ2n) is 5.55. The van der Waals surface area contributed by atoms with Crippen LogP contribution in [-0.4, -0.2) is 36.4 Å². The van der Waals surface area contributed by atoms with Crippen molar-refractivity contribution in [1.82, 2.24) is 4.31 Å². The number of carboxylic acids is 1. The molecule has 0 bridgehead atoms. The van der Waals surface area contributed by atoms with Gasteiger partial charge in [-0.05, 0) is 30.0 Å². The van der Waals surface area contributed by atoms with E-state index >= 15 is 0 Å².